The molecule has 2 rings (SSSR count). The number of aromatic nitrogens is 3. The van der Waals surface area contributed by atoms with Gasteiger partial charge in [0.2, 0.25) is 5.91 Å². The standard InChI is InChI=1S/C13H13FN4O3/c1-7(12(15)19)6-18-11(10(13(20)21)16-17-18)8-2-4-9(14)5-3-8/h2-5,7H,6H2,1H3,(H2,15,19)(H,20,21). The molecular formula is C13H13FN4O3. The Morgan fingerprint density at radius 2 is 2.00 bits per heavy atom. The van der Waals surface area contributed by atoms with Gasteiger partial charge in [-0.3, -0.25) is 4.79 Å². The van der Waals surface area contributed by atoms with Gasteiger partial charge in [0.05, 0.1) is 12.5 Å². The summed E-state index contributed by atoms with van der Waals surface area (Å²) >= 11 is 0. The first kappa shape index (κ1) is 14.6. The molecule has 2 aromatic rings. The molecule has 21 heavy (non-hydrogen) atoms. The van der Waals surface area contributed by atoms with Crippen LogP contribution in [0.2, 0.25) is 0 Å². The number of amides is 1. The summed E-state index contributed by atoms with van der Waals surface area (Å²) in [5.74, 6) is -2.78. The highest BCUT2D eigenvalue weighted by atomic mass is 19.1. The Morgan fingerprint density at radius 3 is 2.52 bits per heavy atom. The summed E-state index contributed by atoms with van der Waals surface area (Å²) in [6.07, 6.45) is 0. The first-order valence-electron chi connectivity index (χ1n) is 6.12. The quantitative estimate of drug-likeness (QED) is 0.850. The van der Waals surface area contributed by atoms with E-state index in [2.05, 4.69) is 10.3 Å². The van der Waals surface area contributed by atoms with Crippen LogP contribution in [0.5, 0.6) is 0 Å². The summed E-state index contributed by atoms with van der Waals surface area (Å²) in [5.41, 5.74) is 5.57. The van der Waals surface area contributed by atoms with Gasteiger partial charge in [-0.25, -0.2) is 13.9 Å². The highest BCUT2D eigenvalue weighted by Gasteiger charge is 2.22. The molecular weight excluding hydrogens is 279 g/mol. The van der Waals surface area contributed by atoms with Gasteiger partial charge in [-0.15, -0.1) is 5.10 Å². The smallest absolute Gasteiger partial charge is 0.358 e. The highest BCUT2D eigenvalue weighted by molar-refractivity contribution is 5.92. The fourth-order valence-corrected chi connectivity index (χ4v) is 1.83. The number of nitrogens with zero attached hydrogens (tertiary/aromatic N) is 3. The maximum absolute atomic E-state index is 13.0. The number of nitrogens with two attached hydrogens (primary N) is 1. The van der Waals surface area contributed by atoms with Gasteiger partial charge in [0.1, 0.15) is 11.5 Å². The van der Waals surface area contributed by atoms with Gasteiger partial charge in [-0.2, -0.15) is 0 Å². The van der Waals surface area contributed by atoms with Crippen molar-refractivity contribution >= 4 is 11.9 Å². The van der Waals surface area contributed by atoms with E-state index in [0.717, 1.165) is 0 Å². The van der Waals surface area contributed by atoms with E-state index < -0.39 is 23.6 Å². The van der Waals surface area contributed by atoms with Crippen LogP contribution < -0.4 is 5.73 Å². The van der Waals surface area contributed by atoms with E-state index in [0.29, 0.717) is 5.56 Å². The Hall–Kier alpha value is -2.77. The van der Waals surface area contributed by atoms with Crippen LogP contribution in [0, 0.1) is 11.7 Å². The Morgan fingerprint density at radius 1 is 1.38 bits per heavy atom. The van der Waals surface area contributed by atoms with Crippen molar-refractivity contribution in [1.29, 1.82) is 0 Å². The molecule has 3 N–H and O–H groups in total. The van der Waals surface area contributed by atoms with Crippen LogP contribution in [-0.2, 0) is 11.3 Å². The Kier molecular flexibility index (Phi) is 3.97. The maximum atomic E-state index is 13.0. The number of carbonyl (C=O) groups is 2. The zero-order valence-corrected chi connectivity index (χ0v) is 11.2. The van der Waals surface area contributed by atoms with Crippen molar-refractivity contribution in [3.63, 3.8) is 0 Å². The summed E-state index contributed by atoms with van der Waals surface area (Å²) in [6.45, 7) is 1.68. The van der Waals surface area contributed by atoms with E-state index in [1.165, 1.54) is 28.9 Å². The first-order valence-corrected chi connectivity index (χ1v) is 6.12. The predicted octanol–water partition coefficient (Wildman–Crippen LogP) is 0.904. The molecule has 1 unspecified atom stereocenters. The zero-order valence-electron chi connectivity index (χ0n) is 11.2. The second-order valence-corrected chi connectivity index (χ2v) is 4.58. The maximum Gasteiger partial charge on any atom is 0.358 e. The van der Waals surface area contributed by atoms with Gasteiger partial charge in [0.25, 0.3) is 0 Å². The van der Waals surface area contributed by atoms with Crippen molar-refractivity contribution in [1.82, 2.24) is 15.0 Å². The van der Waals surface area contributed by atoms with Crippen molar-refractivity contribution in [3.8, 4) is 11.3 Å². The number of benzene rings is 1. The van der Waals surface area contributed by atoms with Gasteiger partial charge in [-0.1, -0.05) is 12.1 Å². The molecule has 1 heterocycles. The summed E-state index contributed by atoms with van der Waals surface area (Å²) in [4.78, 5) is 22.3. The van der Waals surface area contributed by atoms with Crippen molar-refractivity contribution in [2.75, 3.05) is 0 Å². The predicted molar refractivity (Wildman–Crippen MR) is 70.7 cm³/mol. The van der Waals surface area contributed by atoms with E-state index in [1.54, 1.807) is 6.92 Å². The average molecular weight is 292 g/mol. The Balaban J connectivity index is 2.50. The third-order valence-electron chi connectivity index (χ3n) is 2.99. The van der Waals surface area contributed by atoms with E-state index in [4.69, 9.17) is 10.8 Å². The lowest BCUT2D eigenvalue weighted by Gasteiger charge is -2.10. The minimum absolute atomic E-state index is 0.0856. The fourth-order valence-electron chi connectivity index (χ4n) is 1.83. The molecule has 0 aliphatic heterocycles. The van der Waals surface area contributed by atoms with Crippen LogP contribution >= 0.6 is 0 Å². The molecule has 8 heteroatoms. The van der Waals surface area contributed by atoms with Crippen LogP contribution in [-0.4, -0.2) is 32.0 Å². The number of carboxylic acid groups (broad SMARTS) is 1. The molecule has 1 aromatic heterocycles. The average Bonchev–Trinajstić information content (AvgIpc) is 2.83. The van der Waals surface area contributed by atoms with Crippen molar-refractivity contribution in [2.24, 2.45) is 11.7 Å². The molecule has 0 saturated heterocycles. The van der Waals surface area contributed by atoms with Crippen LogP contribution in [0.15, 0.2) is 24.3 Å². The third-order valence-corrected chi connectivity index (χ3v) is 2.99. The van der Waals surface area contributed by atoms with Crippen LogP contribution in [0.3, 0.4) is 0 Å². The topological polar surface area (TPSA) is 111 Å². The molecule has 110 valence electrons. The molecule has 7 nitrogen and oxygen atoms in total. The minimum Gasteiger partial charge on any atom is -0.476 e. The summed E-state index contributed by atoms with van der Waals surface area (Å²) in [7, 11) is 0. The Bertz CT molecular complexity index is 681. The Labute approximate surface area is 119 Å². The normalized spacial score (nSPS) is 12.1. The number of halogens is 1. The second-order valence-electron chi connectivity index (χ2n) is 4.58. The first-order chi connectivity index (χ1) is 9.90. The lowest BCUT2D eigenvalue weighted by atomic mass is 10.1. The number of primary amides is 1. The van der Waals surface area contributed by atoms with Gasteiger partial charge in [-0.05, 0) is 24.3 Å². The third kappa shape index (κ3) is 3.04. The monoisotopic (exact) mass is 292 g/mol. The van der Waals surface area contributed by atoms with Gasteiger partial charge >= 0.3 is 5.97 Å². The molecule has 0 spiro atoms. The minimum atomic E-state index is -1.26. The molecule has 0 bridgehead atoms. The lowest BCUT2D eigenvalue weighted by molar-refractivity contribution is -0.121. The molecule has 0 fully saturated rings. The van der Waals surface area contributed by atoms with Gasteiger partial charge in [0, 0.05) is 5.56 Å². The lowest BCUT2D eigenvalue weighted by Crippen LogP contribution is -2.25. The molecule has 0 aliphatic rings. The molecule has 1 aromatic carbocycles. The largest absolute Gasteiger partial charge is 0.476 e. The number of aromatic carboxylic acids is 1. The summed E-state index contributed by atoms with van der Waals surface area (Å²) in [5, 5.41) is 16.5. The number of carbonyl (C=O) groups excluding carboxylic acids is 1. The number of rotatable bonds is 5. The van der Waals surface area contributed by atoms with Crippen LogP contribution in [0.1, 0.15) is 17.4 Å². The van der Waals surface area contributed by atoms with E-state index in [9.17, 15) is 14.0 Å². The summed E-state index contributed by atoms with van der Waals surface area (Å²) < 4.78 is 14.3. The van der Waals surface area contributed by atoms with Crippen molar-refractivity contribution < 1.29 is 19.1 Å². The SMILES string of the molecule is CC(Cn1nnc(C(=O)O)c1-c1ccc(F)cc1)C(N)=O. The molecule has 0 aliphatic carbocycles. The molecule has 0 saturated carbocycles. The molecule has 0 radical (unpaired) electrons. The van der Waals surface area contributed by atoms with E-state index >= 15 is 0 Å². The number of hydrogen-bond acceptors (Lipinski definition) is 4. The van der Waals surface area contributed by atoms with E-state index in [-0.39, 0.29) is 17.9 Å². The van der Waals surface area contributed by atoms with Gasteiger partial charge in [0.15, 0.2) is 5.69 Å². The van der Waals surface area contributed by atoms with Crippen molar-refractivity contribution in [2.45, 2.75) is 13.5 Å². The van der Waals surface area contributed by atoms with Crippen LogP contribution in [0.4, 0.5) is 4.39 Å². The number of hydrogen-bond donors (Lipinski definition) is 2. The van der Waals surface area contributed by atoms with Gasteiger partial charge < -0.3 is 10.8 Å². The van der Waals surface area contributed by atoms with Crippen LogP contribution in [0.25, 0.3) is 11.3 Å². The van der Waals surface area contributed by atoms with Crippen molar-refractivity contribution in [3.05, 3.63) is 35.8 Å². The fraction of sp³-hybridized carbons (Fsp3) is 0.231. The molecule has 1 amide bonds. The summed E-state index contributed by atoms with van der Waals surface area (Å²) in [6, 6.07) is 5.25. The molecule has 1 atom stereocenters. The highest BCUT2D eigenvalue weighted by Crippen LogP contribution is 2.23. The van der Waals surface area contributed by atoms with E-state index in [1.807, 2.05) is 0 Å². The zero-order chi connectivity index (χ0) is 15.6. The number of carboxylic acids is 1. The second kappa shape index (κ2) is 5.70.